The Kier molecular flexibility index (Phi) is 2.96. The maximum absolute atomic E-state index is 13.9. The second-order valence-corrected chi connectivity index (χ2v) is 4.26. The van der Waals surface area contributed by atoms with E-state index in [0.29, 0.717) is 23.0 Å². The summed E-state index contributed by atoms with van der Waals surface area (Å²) in [5.41, 5.74) is 3.53. The summed E-state index contributed by atoms with van der Waals surface area (Å²) in [5.74, 6) is 6.06. The second-order valence-electron chi connectivity index (χ2n) is 4.26. The highest BCUT2D eigenvalue weighted by atomic mass is 19.1. The minimum Gasteiger partial charge on any atom is -0.324 e. The van der Waals surface area contributed by atoms with Crippen molar-refractivity contribution in [2.24, 2.45) is 5.84 Å². The van der Waals surface area contributed by atoms with Crippen molar-refractivity contribution in [2.45, 2.75) is 0 Å². The fourth-order valence-corrected chi connectivity index (χ4v) is 2.05. The van der Waals surface area contributed by atoms with Gasteiger partial charge in [-0.15, -0.1) is 0 Å². The lowest BCUT2D eigenvalue weighted by Crippen LogP contribution is -2.17. The number of nitrogens with zero attached hydrogens (tertiary/aromatic N) is 4. The number of anilines is 3. The fourth-order valence-electron chi connectivity index (χ4n) is 2.05. The molecular formula is C13H13FN6. The summed E-state index contributed by atoms with van der Waals surface area (Å²) in [5, 5.41) is 0. The lowest BCUT2D eigenvalue weighted by molar-refractivity contribution is 0.627. The molecule has 0 bridgehead atoms. The number of para-hydroxylation sites is 1. The van der Waals surface area contributed by atoms with Crippen LogP contribution in [0.25, 0.3) is 5.65 Å². The molecule has 20 heavy (non-hydrogen) atoms. The van der Waals surface area contributed by atoms with E-state index in [0.717, 1.165) is 0 Å². The van der Waals surface area contributed by atoms with Crippen LogP contribution < -0.4 is 16.2 Å². The van der Waals surface area contributed by atoms with Gasteiger partial charge in [-0.1, -0.05) is 12.1 Å². The van der Waals surface area contributed by atoms with E-state index in [9.17, 15) is 4.39 Å². The zero-order valence-electron chi connectivity index (χ0n) is 10.8. The average molecular weight is 272 g/mol. The van der Waals surface area contributed by atoms with Gasteiger partial charge < -0.3 is 14.7 Å². The molecule has 0 aliphatic rings. The van der Waals surface area contributed by atoms with Crippen LogP contribution in [0.15, 0.2) is 42.9 Å². The Bertz CT molecular complexity index is 753. The molecule has 0 amide bonds. The summed E-state index contributed by atoms with van der Waals surface area (Å²) < 4.78 is 15.7. The summed E-state index contributed by atoms with van der Waals surface area (Å²) in [7, 11) is 1.73. The molecule has 0 saturated carbocycles. The molecule has 7 heteroatoms. The van der Waals surface area contributed by atoms with Gasteiger partial charge in [-0.05, 0) is 12.1 Å². The van der Waals surface area contributed by atoms with Crippen LogP contribution in [0.4, 0.5) is 21.7 Å². The number of hydrogen-bond acceptors (Lipinski definition) is 5. The first-order valence-corrected chi connectivity index (χ1v) is 5.99. The van der Waals surface area contributed by atoms with Gasteiger partial charge in [0.1, 0.15) is 5.82 Å². The lowest BCUT2D eigenvalue weighted by atomic mass is 10.3. The number of halogens is 1. The molecule has 102 valence electrons. The Morgan fingerprint density at radius 1 is 1.35 bits per heavy atom. The molecule has 3 N–H and O–H groups in total. The van der Waals surface area contributed by atoms with Crippen LogP contribution in [0.2, 0.25) is 0 Å². The van der Waals surface area contributed by atoms with Gasteiger partial charge in [-0.3, -0.25) is 0 Å². The van der Waals surface area contributed by atoms with Gasteiger partial charge in [0.15, 0.2) is 17.3 Å². The molecule has 2 heterocycles. The van der Waals surface area contributed by atoms with Gasteiger partial charge in [-0.2, -0.15) is 0 Å². The molecule has 2 aromatic heterocycles. The highest BCUT2D eigenvalue weighted by Crippen LogP contribution is 2.28. The smallest absolute Gasteiger partial charge is 0.180 e. The van der Waals surface area contributed by atoms with E-state index in [1.165, 1.54) is 6.07 Å². The minimum atomic E-state index is -0.326. The molecule has 0 fully saturated rings. The third-order valence-corrected chi connectivity index (χ3v) is 3.04. The van der Waals surface area contributed by atoms with E-state index in [4.69, 9.17) is 5.84 Å². The van der Waals surface area contributed by atoms with Crippen LogP contribution >= 0.6 is 0 Å². The number of nitrogens with two attached hydrogens (primary N) is 1. The van der Waals surface area contributed by atoms with E-state index >= 15 is 0 Å². The summed E-state index contributed by atoms with van der Waals surface area (Å²) in [6.45, 7) is 0. The quantitative estimate of drug-likeness (QED) is 0.563. The van der Waals surface area contributed by atoms with Crippen molar-refractivity contribution < 1.29 is 4.39 Å². The summed E-state index contributed by atoms with van der Waals surface area (Å²) in [6, 6.07) is 6.49. The predicted octanol–water partition coefficient (Wildman–Crippen LogP) is 1.92. The number of fused-ring (bicyclic) bond motifs is 1. The summed E-state index contributed by atoms with van der Waals surface area (Å²) in [6.07, 6.45) is 5.13. The Hall–Kier alpha value is -2.67. The van der Waals surface area contributed by atoms with Gasteiger partial charge in [0.25, 0.3) is 0 Å². The Labute approximate surface area is 114 Å². The molecule has 3 aromatic rings. The standard InChI is InChI=1S/C13H13FN6/c1-19(10-5-3-2-4-9(10)14)13-12-16-6-7-20(12)8-11(17-13)18-15/h2-8,18H,15H2,1H3. The van der Waals surface area contributed by atoms with Crippen LogP contribution in [-0.4, -0.2) is 21.4 Å². The normalized spacial score (nSPS) is 10.8. The maximum Gasteiger partial charge on any atom is 0.180 e. The Balaban J connectivity index is 2.18. The summed E-state index contributed by atoms with van der Waals surface area (Å²) in [4.78, 5) is 10.2. The van der Waals surface area contributed by atoms with Gasteiger partial charge in [0.05, 0.1) is 11.9 Å². The van der Waals surface area contributed by atoms with Crippen LogP contribution in [-0.2, 0) is 0 Å². The highest BCUT2D eigenvalue weighted by molar-refractivity contribution is 5.73. The predicted molar refractivity (Wildman–Crippen MR) is 75.3 cm³/mol. The monoisotopic (exact) mass is 272 g/mol. The SMILES string of the molecule is CN(c1ccccc1F)c1nc(NN)cn2ccnc12. The molecular weight excluding hydrogens is 259 g/mol. The van der Waals surface area contributed by atoms with E-state index in [2.05, 4.69) is 15.4 Å². The molecule has 6 nitrogen and oxygen atoms in total. The summed E-state index contributed by atoms with van der Waals surface area (Å²) >= 11 is 0. The van der Waals surface area contributed by atoms with Crippen LogP contribution in [0.3, 0.4) is 0 Å². The van der Waals surface area contributed by atoms with Crippen LogP contribution in [0.5, 0.6) is 0 Å². The minimum absolute atomic E-state index is 0.326. The van der Waals surface area contributed by atoms with Crippen molar-refractivity contribution in [1.82, 2.24) is 14.4 Å². The Morgan fingerprint density at radius 2 is 2.15 bits per heavy atom. The molecule has 1 aromatic carbocycles. The molecule has 0 atom stereocenters. The van der Waals surface area contributed by atoms with E-state index in [-0.39, 0.29) is 5.82 Å². The number of benzene rings is 1. The molecule has 0 saturated heterocycles. The van der Waals surface area contributed by atoms with Crippen molar-refractivity contribution in [3.05, 3.63) is 48.7 Å². The molecule has 0 aliphatic carbocycles. The first-order valence-electron chi connectivity index (χ1n) is 5.99. The second kappa shape index (κ2) is 4.78. The highest BCUT2D eigenvalue weighted by Gasteiger charge is 2.15. The number of nitrogen functional groups attached to an aromatic ring is 1. The number of imidazole rings is 1. The largest absolute Gasteiger partial charge is 0.324 e. The number of hydrazine groups is 1. The van der Waals surface area contributed by atoms with E-state index in [1.54, 1.807) is 53.1 Å². The van der Waals surface area contributed by atoms with Crippen molar-refractivity contribution in [3.8, 4) is 0 Å². The molecule has 0 spiro atoms. The molecule has 3 rings (SSSR count). The van der Waals surface area contributed by atoms with Gasteiger partial charge in [0.2, 0.25) is 0 Å². The number of rotatable bonds is 3. The van der Waals surface area contributed by atoms with Gasteiger partial charge >= 0.3 is 0 Å². The molecule has 0 aliphatic heterocycles. The van der Waals surface area contributed by atoms with Crippen molar-refractivity contribution >= 4 is 23.0 Å². The van der Waals surface area contributed by atoms with Crippen LogP contribution in [0, 0.1) is 5.82 Å². The molecule has 0 unspecified atom stereocenters. The number of nitrogens with one attached hydrogen (secondary N) is 1. The fraction of sp³-hybridized carbons (Fsp3) is 0.0769. The topological polar surface area (TPSA) is 71.5 Å². The molecule has 0 radical (unpaired) electrons. The van der Waals surface area contributed by atoms with Crippen LogP contribution in [0.1, 0.15) is 0 Å². The third-order valence-electron chi connectivity index (χ3n) is 3.04. The first kappa shape index (κ1) is 12.4. The van der Waals surface area contributed by atoms with Crippen molar-refractivity contribution in [1.29, 1.82) is 0 Å². The number of hydrogen-bond donors (Lipinski definition) is 2. The Morgan fingerprint density at radius 3 is 2.90 bits per heavy atom. The van der Waals surface area contributed by atoms with E-state index < -0.39 is 0 Å². The van der Waals surface area contributed by atoms with Gasteiger partial charge in [0, 0.05) is 19.4 Å². The lowest BCUT2D eigenvalue weighted by Gasteiger charge is -2.20. The van der Waals surface area contributed by atoms with E-state index in [1.807, 2.05) is 0 Å². The van der Waals surface area contributed by atoms with Crippen molar-refractivity contribution in [3.63, 3.8) is 0 Å². The first-order chi connectivity index (χ1) is 9.70. The third kappa shape index (κ3) is 1.94. The van der Waals surface area contributed by atoms with Crippen molar-refractivity contribution in [2.75, 3.05) is 17.4 Å². The van der Waals surface area contributed by atoms with Gasteiger partial charge in [-0.25, -0.2) is 20.2 Å². The average Bonchev–Trinajstić information content (AvgIpc) is 2.94. The zero-order valence-corrected chi connectivity index (χ0v) is 10.8. The zero-order chi connectivity index (χ0) is 14.1. The number of aromatic nitrogens is 3. The maximum atomic E-state index is 13.9.